The average molecular weight is 257 g/mol. The maximum Gasteiger partial charge on any atom is 0.303 e. The Morgan fingerprint density at radius 2 is 2.12 bits per heavy atom. The summed E-state index contributed by atoms with van der Waals surface area (Å²) in [5.41, 5.74) is 5.47. The Morgan fingerprint density at radius 1 is 1.41 bits per heavy atom. The van der Waals surface area contributed by atoms with Gasteiger partial charge in [-0.2, -0.15) is 0 Å². The molecule has 1 rings (SSSR count). The van der Waals surface area contributed by atoms with E-state index in [1.165, 1.54) is 0 Å². The number of nitrogens with one attached hydrogen (secondary N) is 1. The maximum atomic E-state index is 11.2. The topological polar surface area (TPSA) is 122 Å². The van der Waals surface area contributed by atoms with Gasteiger partial charge in [0.25, 0.3) is 0 Å². The molecule has 0 spiro atoms. The number of carboxylic acid groups (broad SMARTS) is 1. The van der Waals surface area contributed by atoms with Crippen molar-refractivity contribution in [2.45, 2.75) is 19.3 Å². The van der Waals surface area contributed by atoms with Crippen molar-refractivity contribution >= 4 is 34.3 Å². The molecule has 0 bridgehead atoms. The lowest BCUT2D eigenvalue weighted by molar-refractivity contribution is -0.138. The predicted octanol–water partition coefficient (Wildman–Crippen LogP) is -0.0258. The first-order chi connectivity index (χ1) is 7.97. The summed E-state index contributed by atoms with van der Waals surface area (Å²) in [5.74, 6) is -1.96. The Labute approximate surface area is 101 Å². The van der Waals surface area contributed by atoms with E-state index in [4.69, 9.17) is 10.8 Å². The van der Waals surface area contributed by atoms with Crippen LogP contribution < -0.4 is 11.1 Å². The number of carbonyl (C=O) groups excluding carboxylic acids is 2. The number of anilines is 1. The van der Waals surface area contributed by atoms with Crippen molar-refractivity contribution in [1.82, 2.24) is 4.98 Å². The molecule has 0 atom stereocenters. The second kappa shape index (κ2) is 5.94. The lowest BCUT2D eigenvalue weighted by Gasteiger charge is -1.98. The molecule has 0 saturated heterocycles. The molecule has 7 nitrogen and oxygen atoms in total. The van der Waals surface area contributed by atoms with Crippen LogP contribution in [0.3, 0.4) is 0 Å². The molecule has 1 aromatic heterocycles. The quantitative estimate of drug-likeness (QED) is 0.660. The van der Waals surface area contributed by atoms with Gasteiger partial charge in [0.2, 0.25) is 11.8 Å². The van der Waals surface area contributed by atoms with Crippen molar-refractivity contribution in [2.24, 2.45) is 5.73 Å². The van der Waals surface area contributed by atoms with Gasteiger partial charge in [0.05, 0.1) is 18.5 Å². The normalized spacial score (nSPS) is 9.88. The van der Waals surface area contributed by atoms with Crippen LogP contribution in [0.4, 0.5) is 5.13 Å². The van der Waals surface area contributed by atoms with E-state index in [1.807, 2.05) is 0 Å². The van der Waals surface area contributed by atoms with Crippen molar-refractivity contribution in [3.05, 3.63) is 11.1 Å². The zero-order chi connectivity index (χ0) is 12.8. The van der Waals surface area contributed by atoms with Crippen LogP contribution in [-0.2, 0) is 20.8 Å². The molecule has 0 fully saturated rings. The highest BCUT2D eigenvalue weighted by atomic mass is 32.1. The molecule has 92 valence electrons. The van der Waals surface area contributed by atoms with Crippen molar-refractivity contribution < 1.29 is 19.5 Å². The molecule has 8 heteroatoms. The van der Waals surface area contributed by atoms with Gasteiger partial charge in [-0.3, -0.25) is 14.4 Å². The SMILES string of the molecule is NC(=O)Cc1csc(NC(=O)CCC(=O)O)n1. The third kappa shape index (κ3) is 5.07. The number of carbonyl (C=O) groups is 3. The van der Waals surface area contributed by atoms with Crippen LogP contribution in [0, 0.1) is 0 Å². The summed E-state index contributed by atoms with van der Waals surface area (Å²) in [6.45, 7) is 0. The van der Waals surface area contributed by atoms with E-state index in [9.17, 15) is 14.4 Å². The van der Waals surface area contributed by atoms with E-state index in [0.29, 0.717) is 10.8 Å². The molecule has 0 aliphatic carbocycles. The van der Waals surface area contributed by atoms with Crippen LogP contribution in [0.25, 0.3) is 0 Å². The number of nitrogens with zero attached hydrogens (tertiary/aromatic N) is 1. The van der Waals surface area contributed by atoms with E-state index in [0.717, 1.165) is 11.3 Å². The molecule has 0 radical (unpaired) electrons. The summed E-state index contributed by atoms with van der Waals surface area (Å²) < 4.78 is 0. The number of aromatic nitrogens is 1. The summed E-state index contributed by atoms with van der Waals surface area (Å²) in [6.07, 6.45) is -0.326. The van der Waals surface area contributed by atoms with Crippen molar-refractivity contribution in [3.8, 4) is 0 Å². The lowest BCUT2D eigenvalue weighted by atomic mass is 10.3. The average Bonchev–Trinajstić information content (AvgIpc) is 2.61. The summed E-state index contributed by atoms with van der Waals surface area (Å²) in [7, 11) is 0. The van der Waals surface area contributed by atoms with Gasteiger partial charge in [-0.1, -0.05) is 0 Å². The minimum atomic E-state index is -1.03. The molecule has 1 aromatic rings. The number of nitrogens with two attached hydrogens (primary N) is 1. The number of carboxylic acids is 1. The fourth-order valence-electron chi connectivity index (χ4n) is 1.03. The highest BCUT2D eigenvalue weighted by molar-refractivity contribution is 7.13. The maximum absolute atomic E-state index is 11.2. The molecular weight excluding hydrogens is 246 g/mol. The van der Waals surface area contributed by atoms with E-state index >= 15 is 0 Å². The molecule has 0 unspecified atom stereocenters. The number of primary amides is 1. The van der Waals surface area contributed by atoms with E-state index in [1.54, 1.807) is 5.38 Å². The van der Waals surface area contributed by atoms with Gasteiger partial charge < -0.3 is 16.2 Å². The number of hydrogen-bond donors (Lipinski definition) is 3. The monoisotopic (exact) mass is 257 g/mol. The van der Waals surface area contributed by atoms with E-state index < -0.39 is 17.8 Å². The Morgan fingerprint density at radius 3 is 2.71 bits per heavy atom. The molecular formula is C9H11N3O4S. The third-order valence-electron chi connectivity index (χ3n) is 1.72. The van der Waals surface area contributed by atoms with Gasteiger partial charge in [-0.25, -0.2) is 4.98 Å². The zero-order valence-electron chi connectivity index (χ0n) is 8.80. The minimum Gasteiger partial charge on any atom is -0.481 e. The first kappa shape index (κ1) is 13.1. The van der Waals surface area contributed by atoms with Gasteiger partial charge in [0, 0.05) is 11.8 Å². The molecule has 1 heterocycles. The smallest absolute Gasteiger partial charge is 0.303 e. The van der Waals surface area contributed by atoms with Gasteiger partial charge in [-0.15, -0.1) is 11.3 Å². The molecule has 0 saturated carbocycles. The van der Waals surface area contributed by atoms with Gasteiger partial charge >= 0.3 is 5.97 Å². The summed E-state index contributed by atoms with van der Waals surface area (Å²) in [6, 6.07) is 0. The predicted molar refractivity (Wildman–Crippen MR) is 60.5 cm³/mol. The van der Waals surface area contributed by atoms with Crippen LogP contribution in [0.2, 0.25) is 0 Å². The van der Waals surface area contributed by atoms with Crippen LogP contribution in [0.5, 0.6) is 0 Å². The highest BCUT2D eigenvalue weighted by Gasteiger charge is 2.09. The number of rotatable bonds is 6. The Kier molecular flexibility index (Phi) is 4.58. The standard InChI is InChI=1S/C9H11N3O4S/c10-6(13)3-5-4-17-9(11-5)12-7(14)1-2-8(15)16/h4H,1-3H2,(H2,10,13)(H,15,16)(H,11,12,14). The van der Waals surface area contributed by atoms with Crippen molar-refractivity contribution in [3.63, 3.8) is 0 Å². The Hall–Kier alpha value is -1.96. The number of thiazole rings is 1. The first-order valence-corrected chi connectivity index (χ1v) is 5.59. The summed E-state index contributed by atoms with van der Waals surface area (Å²) in [5, 5.41) is 12.8. The fraction of sp³-hybridized carbons (Fsp3) is 0.333. The van der Waals surface area contributed by atoms with Crippen LogP contribution >= 0.6 is 11.3 Å². The van der Waals surface area contributed by atoms with Crippen molar-refractivity contribution in [2.75, 3.05) is 5.32 Å². The number of aliphatic carboxylic acids is 1. The molecule has 0 aliphatic heterocycles. The first-order valence-electron chi connectivity index (χ1n) is 4.71. The molecule has 4 N–H and O–H groups in total. The fourth-order valence-corrected chi connectivity index (χ4v) is 1.75. The van der Waals surface area contributed by atoms with Gasteiger partial charge in [0.1, 0.15) is 0 Å². The highest BCUT2D eigenvalue weighted by Crippen LogP contribution is 2.15. The van der Waals surface area contributed by atoms with Gasteiger partial charge in [0.15, 0.2) is 5.13 Å². The van der Waals surface area contributed by atoms with Crippen LogP contribution in [0.1, 0.15) is 18.5 Å². The van der Waals surface area contributed by atoms with Gasteiger partial charge in [-0.05, 0) is 0 Å². The molecule has 17 heavy (non-hydrogen) atoms. The zero-order valence-corrected chi connectivity index (χ0v) is 9.62. The van der Waals surface area contributed by atoms with Crippen LogP contribution in [-0.4, -0.2) is 27.9 Å². The Balaban J connectivity index is 2.46. The molecule has 0 aromatic carbocycles. The minimum absolute atomic E-state index is 0.0154. The lowest BCUT2D eigenvalue weighted by Crippen LogP contribution is -2.15. The number of amides is 2. The van der Waals surface area contributed by atoms with E-state index in [-0.39, 0.29) is 19.3 Å². The molecule has 0 aliphatic rings. The number of hydrogen-bond acceptors (Lipinski definition) is 5. The summed E-state index contributed by atoms with van der Waals surface area (Å²) >= 11 is 1.16. The summed E-state index contributed by atoms with van der Waals surface area (Å²) in [4.78, 5) is 36.1. The van der Waals surface area contributed by atoms with Crippen molar-refractivity contribution in [1.29, 1.82) is 0 Å². The van der Waals surface area contributed by atoms with E-state index in [2.05, 4.69) is 10.3 Å². The largest absolute Gasteiger partial charge is 0.481 e. The van der Waals surface area contributed by atoms with Crippen LogP contribution in [0.15, 0.2) is 5.38 Å². The second-order valence-electron chi connectivity index (χ2n) is 3.23. The second-order valence-corrected chi connectivity index (χ2v) is 4.09. The third-order valence-corrected chi connectivity index (χ3v) is 2.53. The molecule has 2 amide bonds. The Bertz CT molecular complexity index is 443.